The minimum atomic E-state index is -0.749. The van der Waals surface area contributed by atoms with Gasteiger partial charge in [-0.25, -0.2) is 4.79 Å². The van der Waals surface area contributed by atoms with Crippen LogP contribution in [0, 0.1) is 0 Å². The first-order chi connectivity index (χ1) is 15.3. The van der Waals surface area contributed by atoms with Gasteiger partial charge in [-0.2, -0.15) is 11.3 Å². The number of hydrogen-bond donors (Lipinski definition) is 1. The van der Waals surface area contributed by atoms with Crippen LogP contribution in [0.3, 0.4) is 0 Å². The van der Waals surface area contributed by atoms with Gasteiger partial charge in [0.15, 0.2) is 0 Å². The Balaban J connectivity index is 1.36. The van der Waals surface area contributed by atoms with E-state index >= 15 is 0 Å². The molecule has 3 rings (SSSR count). The summed E-state index contributed by atoms with van der Waals surface area (Å²) < 4.78 is 16.6. The van der Waals surface area contributed by atoms with Gasteiger partial charge in [-0.15, -0.1) is 5.06 Å². The highest BCUT2D eigenvalue weighted by Gasteiger charge is 2.32. The summed E-state index contributed by atoms with van der Waals surface area (Å²) in [5, 5.41) is 16.2. The zero-order valence-electron chi connectivity index (χ0n) is 19.0. The second-order valence-corrected chi connectivity index (χ2v) is 9.64. The number of hydroxylamine groups is 2. The Labute approximate surface area is 193 Å². The molecule has 7 nitrogen and oxygen atoms in total. The largest absolute Gasteiger partial charge is 0.528 e. The minimum absolute atomic E-state index is 0.0203. The van der Waals surface area contributed by atoms with Crippen LogP contribution in [-0.4, -0.2) is 54.3 Å². The molecule has 2 aromatic rings. The van der Waals surface area contributed by atoms with E-state index in [9.17, 15) is 9.90 Å². The zero-order valence-corrected chi connectivity index (χ0v) is 19.8. The Hall–Kier alpha value is -2.13. The summed E-state index contributed by atoms with van der Waals surface area (Å²) in [5.74, 6) is 0.778. The molecule has 0 saturated carbocycles. The molecule has 1 aromatic heterocycles. The summed E-state index contributed by atoms with van der Waals surface area (Å²) in [4.78, 5) is 17.0. The molecule has 0 amide bonds. The SMILES string of the molecule is CC(C)(C)OC(=O)ON1CCC(c2ccc(OCCCOCc3ccsc3)cc2)C(O)C1. The predicted octanol–water partition coefficient (Wildman–Crippen LogP) is 4.75. The molecule has 176 valence electrons. The first-order valence-electron chi connectivity index (χ1n) is 11.0. The molecular formula is C24H33NO6S. The highest BCUT2D eigenvalue weighted by atomic mass is 32.1. The van der Waals surface area contributed by atoms with Crippen LogP contribution in [0.2, 0.25) is 0 Å². The van der Waals surface area contributed by atoms with Crippen molar-refractivity contribution in [1.82, 2.24) is 5.06 Å². The van der Waals surface area contributed by atoms with Crippen LogP contribution in [0.25, 0.3) is 0 Å². The second-order valence-electron chi connectivity index (χ2n) is 8.86. The fraction of sp³-hybridized carbons (Fsp3) is 0.542. The molecular weight excluding hydrogens is 430 g/mol. The van der Waals surface area contributed by atoms with Crippen LogP contribution in [0.5, 0.6) is 5.75 Å². The molecule has 2 heterocycles. The monoisotopic (exact) mass is 463 g/mol. The van der Waals surface area contributed by atoms with Crippen molar-refractivity contribution in [3.63, 3.8) is 0 Å². The number of piperidine rings is 1. The van der Waals surface area contributed by atoms with Gasteiger partial charge in [0.25, 0.3) is 0 Å². The topological polar surface area (TPSA) is 77.5 Å². The average molecular weight is 464 g/mol. The summed E-state index contributed by atoms with van der Waals surface area (Å²) in [5.41, 5.74) is 1.63. The molecule has 1 aliphatic rings. The van der Waals surface area contributed by atoms with Crippen molar-refractivity contribution in [3.8, 4) is 5.75 Å². The van der Waals surface area contributed by atoms with Crippen molar-refractivity contribution in [2.45, 2.75) is 57.8 Å². The molecule has 2 atom stereocenters. The van der Waals surface area contributed by atoms with Crippen molar-refractivity contribution in [2.75, 3.05) is 26.3 Å². The third-order valence-corrected chi connectivity index (χ3v) is 5.73. The van der Waals surface area contributed by atoms with Crippen LogP contribution < -0.4 is 4.74 Å². The summed E-state index contributed by atoms with van der Waals surface area (Å²) in [6, 6.07) is 9.90. The summed E-state index contributed by atoms with van der Waals surface area (Å²) in [6.45, 7) is 8.00. The summed E-state index contributed by atoms with van der Waals surface area (Å²) in [7, 11) is 0. The molecule has 2 unspecified atom stereocenters. The number of β-amino-alcohol motifs (C(OH)–C–C–N with tert-alkyl or cyclic N) is 1. The van der Waals surface area contributed by atoms with Crippen molar-refractivity contribution in [3.05, 3.63) is 52.2 Å². The number of rotatable bonds is 9. The van der Waals surface area contributed by atoms with Gasteiger partial charge in [0.05, 0.1) is 32.5 Å². The quantitative estimate of drug-likeness (QED) is 0.425. The zero-order chi connectivity index (χ0) is 23.0. The Morgan fingerprint density at radius 2 is 1.97 bits per heavy atom. The Morgan fingerprint density at radius 1 is 1.19 bits per heavy atom. The van der Waals surface area contributed by atoms with Gasteiger partial charge < -0.3 is 24.2 Å². The van der Waals surface area contributed by atoms with E-state index in [0.29, 0.717) is 32.8 Å². The van der Waals surface area contributed by atoms with Crippen LogP contribution in [0.1, 0.15) is 50.7 Å². The molecule has 1 saturated heterocycles. The highest BCUT2D eigenvalue weighted by Crippen LogP contribution is 2.30. The molecule has 8 heteroatoms. The van der Waals surface area contributed by atoms with Gasteiger partial charge in [-0.1, -0.05) is 12.1 Å². The third-order valence-electron chi connectivity index (χ3n) is 5.00. The van der Waals surface area contributed by atoms with Crippen molar-refractivity contribution in [2.24, 2.45) is 0 Å². The number of aliphatic hydroxyl groups excluding tert-OH is 1. The minimum Gasteiger partial charge on any atom is -0.494 e. The van der Waals surface area contributed by atoms with Crippen molar-refractivity contribution in [1.29, 1.82) is 0 Å². The normalized spacial score (nSPS) is 19.5. The van der Waals surface area contributed by atoms with Crippen LogP contribution in [0.15, 0.2) is 41.1 Å². The smallest absolute Gasteiger partial charge is 0.494 e. The molecule has 0 bridgehead atoms. The highest BCUT2D eigenvalue weighted by molar-refractivity contribution is 7.07. The Bertz CT molecular complexity index is 818. The number of benzene rings is 1. The van der Waals surface area contributed by atoms with Crippen LogP contribution in [-0.2, 0) is 20.9 Å². The van der Waals surface area contributed by atoms with Gasteiger partial charge in [0.2, 0.25) is 0 Å². The van der Waals surface area contributed by atoms with E-state index in [0.717, 1.165) is 17.7 Å². The fourth-order valence-electron chi connectivity index (χ4n) is 3.48. The van der Waals surface area contributed by atoms with E-state index in [1.54, 1.807) is 32.1 Å². The molecule has 1 N–H and O–H groups in total. The lowest BCUT2D eigenvalue weighted by Gasteiger charge is -2.34. The lowest BCUT2D eigenvalue weighted by Crippen LogP contribution is -2.44. The number of aliphatic hydroxyl groups is 1. The molecule has 1 fully saturated rings. The standard InChI is InChI=1S/C24H33NO6S/c1-24(2,3)30-23(27)31-25-11-9-21(22(26)15-25)19-5-7-20(8-6-19)29-13-4-12-28-16-18-10-14-32-17-18/h5-8,10,14,17,21-22,26H,4,9,11-13,15-16H2,1-3H3. The van der Waals surface area contributed by atoms with Crippen LogP contribution in [0.4, 0.5) is 4.79 Å². The first-order valence-corrected chi connectivity index (χ1v) is 11.9. The molecule has 0 spiro atoms. The first kappa shape index (κ1) is 24.5. The number of carbonyl (C=O) groups excluding carboxylic acids is 1. The number of carbonyl (C=O) groups is 1. The van der Waals surface area contributed by atoms with E-state index in [1.807, 2.05) is 29.6 Å². The maximum absolute atomic E-state index is 11.8. The summed E-state index contributed by atoms with van der Waals surface area (Å²) in [6.07, 6.45) is 0.103. The van der Waals surface area contributed by atoms with Gasteiger partial charge in [-0.05, 0) is 67.3 Å². The van der Waals surface area contributed by atoms with E-state index < -0.39 is 17.9 Å². The molecule has 0 radical (unpaired) electrons. The third kappa shape index (κ3) is 8.09. The molecule has 32 heavy (non-hydrogen) atoms. The van der Waals surface area contributed by atoms with Gasteiger partial charge in [0.1, 0.15) is 11.4 Å². The van der Waals surface area contributed by atoms with E-state index in [-0.39, 0.29) is 12.5 Å². The van der Waals surface area contributed by atoms with Gasteiger partial charge in [-0.3, -0.25) is 0 Å². The van der Waals surface area contributed by atoms with Crippen molar-refractivity contribution < 1.29 is 28.9 Å². The Kier molecular flexibility index (Phi) is 8.92. The van der Waals surface area contributed by atoms with E-state index in [4.69, 9.17) is 19.0 Å². The van der Waals surface area contributed by atoms with Crippen molar-refractivity contribution >= 4 is 17.5 Å². The number of ether oxygens (including phenoxy) is 3. The second kappa shape index (κ2) is 11.7. The Morgan fingerprint density at radius 3 is 2.62 bits per heavy atom. The average Bonchev–Trinajstić information content (AvgIpc) is 3.23. The van der Waals surface area contributed by atoms with Crippen LogP contribution >= 0.6 is 11.3 Å². The van der Waals surface area contributed by atoms with E-state index in [2.05, 4.69) is 11.4 Å². The maximum atomic E-state index is 11.8. The van der Waals surface area contributed by atoms with Gasteiger partial charge >= 0.3 is 6.16 Å². The summed E-state index contributed by atoms with van der Waals surface area (Å²) >= 11 is 1.67. The number of nitrogens with zero attached hydrogens (tertiary/aromatic N) is 1. The predicted molar refractivity (Wildman–Crippen MR) is 123 cm³/mol. The number of hydrogen-bond acceptors (Lipinski definition) is 8. The van der Waals surface area contributed by atoms with E-state index in [1.165, 1.54) is 10.6 Å². The van der Waals surface area contributed by atoms with Gasteiger partial charge in [0, 0.05) is 18.9 Å². The molecule has 1 aliphatic heterocycles. The lowest BCUT2D eigenvalue weighted by molar-refractivity contribution is -0.170. The molecule has 1 aromatic carbocycles. The lowest BCUT2D eigenvalue weighted by atomic mass is 9.88. The maximum Gasteiger partial charge on any atom is 0.528 e. The molecule has 0 aliphatic carbocycles. The fourth-order valence-corrected chi connectivity index (χ4v) is 4.13. The number of thiophene rings is 1.